The first-order chi connectivity index (χ1) is 17.0. The fraction of sp³-hybridized carbons (Fsp3) is 0.308. The van der Waals surface area contributed by atoms with E-state index in [1.165, 1.54) is 17.5 Å². The highest BCUT2D eigenvalue weighted by Gasteiger charge is 2.28. The molecule has 9 heteroatoms. The lowest BCUT2D eigenvalue weighted by molar-refractivity contribution is -0.117. The second kappa shape index (κ2) is 9.87. The molecule has 2 N–H and O–H groups in total. The highest BCUT2D eigenvalue weighted by atomic mass is 32.1. The third kappa shape index (κ3) is 4.64. The van der Waals surface area contributed by atoms with Crippen molar-refractivity contribution in [3.63, 3.8) is 0 Å². The van der Waals surface area contributed by atoms with Crippen molar-refractivity contribution in [2.45, 2.75) is 38.5 Å². The molecule has 1 saturated heterocycles. The zero-order chi connectivity index (χ0) is 24.4. The summed E-state index contributed by atoms with van der Waals surface area (Å²) in [5, 5.41) is 6.47. The van der Waals surface area contributed by atoms with Crippen LogP contribution in [0.25, 0.3) is 0 Å². The Hall–Kier alpha value is -3.72. The van der Waals surface area contributed by atoms with Crippen molar-refractivity contribution in [2.24, 2.45) is 0 Å². The first-order valence-corrected chi connectivity index (χ1v) is 12.5. The third-order valence-corrected chi connectivity index (χ3v) is 7.56. The smallest absolute Gasteiger partial charge is 0.258 e. The van der Waals surface area contributed by atoms with Gasteiger partial charge in [0, 0.05) is 35.9 Å². The molecule has 3 heterocycles. The lowest BCUT2D eigenvalue weighted by atomic mass is 9.95. The van der Waals surface area contributed by atoms with Crippen LogP contribution in [0, 0.1) is 0 Å². The van der Waals surface area contributed by atoms with Crippen LogP contribution in [0.3, 0.4) is 0 Å². The fourth-order valence-corrected chi connectivity index (χ4v) is 5.92. The van der Waals surface area contributed by atoms with E-state index in [0.717, 1.165) is 42.5 Å². The number of aryl methyl sites for hydroxylation is 1. The van der Waals surface area contributed by atoms with Crippen LogP contribution in [0.2, 0.25) is 0 Å². The number of methoxy groups -OCH3 is 1. The van der Waals surface area contributed by atoms with E-state index >= 15 is 0 Å². The van der Waals surface area contributed by atoms with Crippen LogP contribution in [0.4, 0.5) is 16.4 Å². The van der Waals surface area contributed by atoms with Crippen molar-refractivity contribution in [3.05, 3.63) is 64.3 Å². The summed E-state index contributed by atoms with van der Waals surface area (Å²) in [6, 6.07) is 8.67. The first-order valence-electron chi connectivity index (χ1n) is 11.7. The molecule has 0 atom stereocenters. The molecule has 0 unspecified atom stereocenters. The summed E-state index contributed by atoms with van der Waals surface area (Å²) < 4.78 is 5.46. The predicted octanol–water partition coefficient (Wildman–Crippen LogP) is 4.66. The number of hydrogen-bond donors (Lipinski definition) is 2. The van der Waals surface area contributed by atoms with Gasteiger partial charge in [0.05, 0.1) is 23.9 Å². The van der Waals surface area contributed by atoms with Crippen LogP contribution >= 0.6 is 11.3 Å². The summed E-state index contributed by atoms with van der Waals surface area (Å²) in [5.74, 6) is 0.0365. The maximum absolute atomic E-state index is 13.6. The molecule has 35 heavy (non-hydrogen) atoms. The Labute approximate surface area is 207 Å². The number of nitrogens with zero attached hydrogens (tertiary/aromatic N) is 2. The second-order valence-electron chi connectivity index (χ2n) is 8.60. The van der Waals surface area contributed by atoms with Gasteiger partial charge in [0.25, 0.3) is 11.8 Å². The molecule has 0 spiro atoms. The van der Waals surface area contributed by atoms with E-state index in [1.807, 2.05) is 0 Å². The van der Waals surface area contributed by atoms with Crippen LogP contribution < -0.4 is 20.3 Å². The zero-order valence-corrected chi connectivity index (χ0v) is 20.2. The number of pyridine rings is 1. The number of carbonyl (C=O) groups is 3. The second-order valence-corrected chi connectivity index (χ2v) is 9.71. The Kier molecular flexibility index (Phi) is 6.50. The van der Waals surface area contributed by atoms with E-state index in [9.17, 15) is 14.4 Å². The summed E-state index contributed by atoms with van der Waals surface area (Å²) >= 11 is 1.47. The Morgan fingerprint density at radius 1 is 1.06 bits per heavy atom. The fourth-order valence-electron chi connectivity index (χ4n) is 4.64. The molecule has 0 saturated carbocycles. The molecule has 3 aromatic rings. The Morgan fingerprint density at radius 2 is 1.91 bits per heavy atom. The van der Waals surface area contributed by atoms with Gasteiger partial charge in [-0.2, -0.15) is 0 Å². The monoisotopic (exact) mass is 490 g/mol. The molecular formula is C26H26N4O4S. The highest BCUT2D eigenvalue weighted by molar-refractivity contribution is 7.17. The molecule has 2 aromatic heterocycles. The van der Waals surface area contributed by atoms with Gasteiger partial charge in [-0.15, -0.1) is 11.3 Å². The van der Waals surface area contributed by atoms with Gasteiger partial charge in [-0.1, -0.05) is 0 Å². The summed E-state index contributed by atoms with van der Waals surface area (Å²) in [6.07, 6.45) is 8.17. The molecule has 1 aromatic carbocycles. The van der Waals surface area contributed by atoms with Gasteiger partial charge in [-0.3, -0.25) is 19.4 Å². The van der Waals surface area contributed by atoms with E-state index in [4.69, 9.17) is 4.74 Å². The predicted molar refractivity (Wildman–Crippen MR) is 136 cm³/mol. The van der Waals surface area contributed by atoms with Crippen molar-refractivity contribution in [1.82, 2.24) is 4.98 Å². The molecule has 0 radical (unpaired) electrons. The summed E-state index contributed by atoms with van der Waals surface area (Å²) in [5.41, 5.74) is 3.15. The van der Waals surface area contributed by atoms with Crippen molar-refractivity contribution in [2.75, 3.05) is 29.2 Å². The number of aromatic nitrogens is 1. The number of benzene rings is 1. The third-order valence-electron chi connectivity index (χ3n) is 6.35. The standard InChI is InChI=1S/C26H26N4O4S/c1-34-20-11-10-17(14-19(20)30-13-5-9-22(30)31)28-25(33)23-18-7-2-3-8-21(18)35-26(23)29-24(32)16-6-4-12-27-15-16/h4,6,10-12,14-15H,2-3,5,7-9,13H2,1H3,(H,28,33)(H,29,32). The van der Waals surface area contributed by atoms with E-state index < -0.39 is 0 Å². The van der Waals surface area contributed by atoms with E-state index in [2.05, 4.69) is 15.6 Å². The van der Waals surface area contributed by atoms with Crippen LogP contribution in [-0.2, 0) is 17.6 Å². The summed E-state index contributed by atoms with van der Waals surface area (Å²) in [7, 11) is 1.56. The Balaban J connectivity index is 1.45. The van der Waals surface area contributed by atoms with Crippen molar-refractivity contribution in [1.29, 1.82) is 0 Å². The van der Waals surface area contributed by atoms with Gasteiger partial charge in [0.1, 0.15) is 10.8 Å². The number of carbonyl (C=O) groups excluding carboxylic acids is 3. The van der Waals surface area contributed by atoms with Gasteiger partial charge < -0.3 is 20.3 Å². The minimum absolute atomic E-state index is 0.0408. The molecule has 1 aliphatic heterocycles. The van der Waals surface area contributed by atoms with Crippen LogP contribution in [0.15, 0.2) is 42.7 Å². The normalized spacial score (nSPS) is 15.0. The average molecular weight is 491 g/mol. The molecule has 5 rings (SSSR count). The maximum Gasteiger partial charge on any atom is 0.258 e. The maximum atomic E-state index is 13.6. The first kappa shape index (κ1) is 23.0. The summed E-state index contributed by atoms with van der Waals surface area (Å²) in [6.45, 7) is 0.620. The van der Waals surface area contributed by atoms with E-state index in [0.29, 0.717) is 46.2 Å². The van der Waals surface area contributed by atoms with Gasteiger partial charge in [0.15, 0.2) is 0 Å². The minimum atomic E-state index is -0.301. The van der Waals surface area contributed by atoms with Gasteiger partial charge in [-0.25, -0.2) is 0 Å². The minimum Gasteiger partial charge on any atom is -0.495 e. The highest BCUT2D eigenvalue weighted by Crippen LogP contribution is 2.39. The number of nitrogens with one attached hydrogen (secondary N) is 2. The van der Waals surface area contributed by atoms with Crippen LogP contribution in [0.1, 0.15) is 56.8 Å². The number of thiophene rings is 1. The van der Waals surface area contributed by atoms with Crippen molar-refractivity contribution < 1.29 is 19.1 Å². The molecular weight excluding hydrogens is 464 g/mol. The number of rotatable bonds is 6. The van der Waals surface area contributed by atoms with E-state index in [-0.39, 0.29) is 17.7 Å². The molecule has 0 bridgehead atoms. The van der Waals surface area contributed by atoms with Crippen LogP contribution in [0.5, 0.6) is 5.75 Å². The van der Waals surface area contributed by atoms with Crippen molar-refractivity contribution >= 4 is 45.4 Å². The molecule has 3 amide bonds. The van der Waals surface area contributed by atoms with E-state index in [1.54, 1.807) is 48.5 Å². The largest absolute Gasteiger partial charge is 0.495 e. The zero-order valence-electron chi connectivity index (χ0n) is 19.4. The molecule has 1 aliphatic carbocycles. The average Bonchev–Trinajstić information content (AvgIpc) is 3.47. The molecule has 2 aliphatic rings. The molecule has 8 nitrogen and oxygen atoms in total. The quantitative estimate of drug-likeness (QED) is 0.523. The number of anilines is 3. The summed E-state index contributed by atoms with van der Waals surface area (Å²) in [4.78, 5) is 45.6. The van der Waals surface area contributed by atoms with Gasteiger partial charge in [-0.05, 0) is 68.0 Å². The number of ether oxygens (including phenoxy) is 1. The Morgan fingerprint density at radius 3 is 2.66 bits per heavy atom. The number of fused-ring (bicyclic) bond motifs is 1. The lowest BCUT2D eigenvalue weighted by Crippen LogP contribution is -2.24. The molecule has 1 fully saturated rings. The number of hydrogen-bond acceptors (Lipinski definition) is 6. The SMILES string of the molecule is COc1ccc(NC(=O)c2c(NC(=O)c3cccnc3)sc3c2CCCC3)cc1N1CCCC1=O. The lowest BCUT2D eigenvalue weighted by Gasteiger charge is -2.20. The number of amides is 3. The Bertz CT molecular complexity index is 1290. The van der Waals surface area contributed by atoms with Gasteiger partial charge in [0.2, 0.25) is 5.91 Å². The van der Waals surface area contributed by atoms with Crippen molar-refractivity contribution in [3.8, 4) is 5.75 Å². The van der Waals surface area contributed by atoms with Gasteiger partial charge >= 0.3 is 0 Å². The van der Waals surface area contributed by atoms with Crippen LogP contribution in [-0.4, -0.2) is 36.4 Å². The topological polar surface area (TPSA) is 101 Å². The molecule has 180 valence electrons.